The smallest absolute Gasteiger partial charge is 0.217 e. The number of rotatable bonds is 6. The molecule has 0 aliphatic heterocycles. The van der Waals surface area contributed by atoms with E-state index in [1.54, 1.807) is 11.3 Å². The van der Waals surface area contributed by atoms with E-state index in [1.165, 1.54) is 10.4 Å². The van der Waals surface area contributed by atoms with Gasteiger partial charge in [-0.15, -0.1) is 11.3 Å². The van der Waals surface area contributed by atoms with Gasteiger partial charge in [-0.2, -0.15) is 0 Å². The Labute approximate surface area is 88.3 Å². The number of hydrogen-bond donors (Lipinski definition) is 2. The number of hydrogen-bond acceptors (Lipinski definition) is 3. The number of aryl methyl sites for hydroxylation is 1. The minimum absolute atomic E-state index is 0.223. The van der Waals surface area contributed by atoms with Gasteiger partial charge >= 0.3 is 0 Å². The molecular formula is C10H16N2OS. The molecule has 0 radical (unpaired) electrons. The Morgan fingerprint density at radius 2 is 2.43 bits per heavy atom. The molecule has 0 aromatic carbocycles. The molecule has 0 fully saturated rings. The first-order valence-corrected chi connectivity index (χ1v) is 5.60. The number of nitrogens with two attached hydrogens (primary N) is 1. The fraction of sp³-hybridized carbons (Fsp3) is 0.500. The third kappa shape index (κ3) is 3.89. The Morgan fingerprint density at radius 3 is 3.00 bits per heavy atom. The van der Waals surface area contributed by atoms with Crippen LogP contribution in [0.15, 0.2) is 11.4 Å². The molecule has 0 bridgehead atoms. The van der Waals surface area contributed by atoms with Crippen LogP contribution in [0.4, 0.5) is 0 Å². The fourth-order valence-electron chi connectivity index (χ4n) is 1.17. The SMILES string of the molecule is Cc1ccsc1CNCCCC(N)=O. The van der Waals surface area contributed by atoms with Crippen molar-refractivity contribution in [3.05, 3.63) is 21.9 Å². The Morgan fingerprint density at radius 1 is 1.64 bits per heavy atom. The number of amides is 1. The molecule has 1 aromatic rings. The van der Waals surface area contributed by atoms with Gasteiger partial charge in [-0.1, -0.05) is 0 Å². The molecule has 14 heavy (non-hydrogen) atoms. The summed E-state index contributed by atoms with van der Waals surface area (Å²) < 4.78 is 0. The van der Waals surface area contributed by atoms with Crippen molar-refractivity contribution in [1.29, 1.82) is 0 Å². The average molecular weight is 212 g/mol. The van der Waals surface area contributed by atoms with E-state index in [-0.39, 0.29) is 5.91 Å². The second-order valence-electron chi connectivity index (χ2n) is 3.27. The molecule has 78 valence electrons. The first kappa shape index (κ1) is 11.2. The second kappa shape index (κ2) is 5.78. The summed E-state index contributed by atoms with van der Waals surface area (Å²) >= 11 is 1.76. The van der Waals surface area contributed by atoms with E-state index in [2.05, 4.69) is 23.7 Å². The summed E-state index contributed by atoms with van der Waals surface area (Å²) in [6.45, 7) is 3.85. The lowest BCUT2D eigenvalue weighted by molar-refractivity contribution is -0.118. The zero-order chi connectivity index (χ0) is 10.4. The van der Waals surface area contributed by atoms with E-state index >= 15 is 0 Å². The van der Waals surface area contributed by atoms with Crippen molar-refractivity contribution in [2.75, 3.05) is 6.54 Å². The summed E-state index contributed by atoms with van der Waals surface area (Å²) in [4.78, 5) is 11.8. The van der Waals surface area contributed by atoms with Gasteiger partial charge in [0.15, 0.2) is 0 Å². The monoisotopic (exact) mass is 212 g/mol. The molecule has 4 heteroatoms. The van der Waals surface area contributed by atoms with E-state index < -0.39 is 0 Å². The number of thiophene rings is 1. The van der Waals surface area contributed by atoms with E-state index in [0.29, 0.717) is 6.42 Å². The summed E-state index contributed by atoms with van der Waals surface area (Å²) in [5.74, 6) is -0.223. The van der Waals surface area contributed by atoms with Crippen molar-refractivity contribution in [3.63, 3.8) is 0 Å². The summed E-state index contributed by atoms with van der Waals surface area (Å²) in [5.41, 5.74) is 6.36. The molecule has 0 saturated carbocycles. The maximum atomic E-state index is 10.4. The van der Waals surface area contributed by atoms with Crippen LogP contribution in [0, 0.1) is 6.92 Å². The van der Waals surface area contributed by atoms with Crippen LogP contribution >= 0.6 is 11.3 Å². The molecule has 1 amide bonds. The minimum atomic E-state index is -0.223. The van der Waals surface area contributed by atoms with Crippen molar-refractivity contribution < 1.29 is 4.79 Å². The van der Waals surface area contributed by atoms with Crippen LogP contribution in [-0.2, 0) is 11.3 Å². The molecule has 1 heterocycles. The predicted octanol–water partition coefficient (Wildman–Crippen LogP) is 1.41. The summed E-state index contributed by atoms with van der Waals surface area (Å²) in [5, 5.41) is 5.38. The van der Waals surface area contributed by atoms with E-state index in [4.69, 9.17) is 5.73 Å². The molecule has 0 saturated heterocycles. The summed E-state index contributed by atoms with van der Waals surface area (Å²) in [6.07, 6.45) is 1.29. The normalized spacial score (nSPS) is 10.4. The molecular weight excluding hydrogens is 196 g/mol. The third-order valence-electron chi connectivity index (χ3n) is 2.03. The quantitative estimate of drug-likeness (QED) is 0.701. The van der Waals surface area contributed by atoms with Gasteiger partial charge in [0.1, 0.15) is 0 Å². The Kier molecular flexibility index (Phi) is 4.62. The fourth-order valence-corrected chi connectivity index (χ4v) is 2.05. The topological polar surface area (TPSA) is 55.1 Å². The van der Waals surface area contributed by atoms with Crippen molar-refractivity contribution >= 4 is 17.2 Å². The highest BCUT2D eigenvalue weighted by Crippen LogP contribution is 2.14. The van der Waals surface area contributed by atoms with Crippen LogP contribution in [0.2, 0.25) is 0 Å². The standard InChI is InChI=1S/C10H16N2OS/c1-8-4-6-14-9(8)7-12-5-2-3-10(11)13/h4,6,12H,2-3,5,7H2,1H3,(H2,11,13). The van der Waals surface area contributed by atoms with Crippen LogP contribution in [0.3, 0.4) is 0 Å². The van der Waals surface area contributed by atoms with Crippen LogP contribution in [0.5, 0.6) is 0 Å². The lowest BCUT2D eigenvalue weighted by atomic mass is 10.2. The van der Waals surface area contributed by atoms with E-state index in [0.717, 1.165) is 19.5 Å². The minimum Gasteiger partial charge on any atom is -0.370 e. The number of primary amides is 1. The van der Waals surface area contributed by atoms with Crippen LogP contribution < -0.4 is 11.1 Å². The average Bonchev–Trinajstić information content (AvgIpc) is 2.51. The number of carbonyl (C=O) groups excluding carboxylic acids is 1. The Hall–Kier alpha value is -0.870. The third-order valence-corrected chi connectivity index (χ3v) is 3.05. The summed E-state index contributed by atoms with van der Waals surface area (Å²) in [7, 11) is 0. The van der Waals surface area contributed by atoms with Gasteiger partial charge in [0.2, 0.25) is 5.91 Å². The molecule has 0 atom stereocenters. The first-order valence-electron chi connectivity index (χ1n) is 4.72. The highest BCUT2D eigenvalue weighted by Gasteiger charge is 1.98. The molecule has 1 aromatic heterocycles. The van der Waals surface area contributed by atoms with E-state index in [9.17, 15) is 4.79 Å². The summed E-state index contributed by atoms with van der Waals surface area (Å²) in [6, 6.07) is 2.12. The van der Waals surface area contributed by atoms with Crippen molar-refractivity contribution in [1.82, 2.24) is 5.32 Å². The molecule has 0 unspecified atom stereocenters. The number of carbonyl (C=O) groups is 1. The van der Waals surface area contributed by atoms with Crippen LogP contribution in [0.25, 0.3) is 0 Å². The molecule has 3 nitrogen and oxygen atoms in total. The van der Waals surface area contributed by atoms with Gasteiger partial charge in [0.05, 0.1) is 0 Å². The lowest BCUT2D eigenvalue weighted by Crippen LogP contribution is -2.17. The van der Waals surface area contributed by atoms with Gasteiger partial charge < -0.3 is 11.1 Å². The van der Waals surface area contributed by atoms with Gasteiger partial charge in [-0.05, 0) is 36.9 Å². The zero-order valence-corrected chi connectivity index (χ0v) is 9.19. The second-order valence-corrected chi connectivity index (χ2v) is 4.27. The van der Waals surface area contributed by atoms with Crippen LogP contribution in [0.1, 0.15) is 23.3 Å². The first-order chi connectivity index (χ1) is 6.70. The maximum absolute atomic E-state index is 10.4. The highest BCUT2D eigenvalue weighted by molar-refractivity contribution is 7.10. The maximum Gasteiger partial charge on any atom is 0.217 e. The van der Waals surface area contributed by atoms with Gasteiger partial charge in [0.25, 0.3) is 0 Å². The molecule has 3 N–H and O–H groups in total. The van der Waals surface area contributed by atoms with Crippen molar-refractivity contribution in [2.24, 2.45) is 5.73 Å². The molecule has 0 spiro atoms. The van der Waals surface area contributed by atoms with Gasteiger partial charge in [0, 0.05) is 17.8 Å². The Bertz CT molecular complexity index is 296. The van der Waals surface area contributed by atoms with Crippen molar-refractivity contribution in [2.45, 2.75) is 26.3 Å². The predicted molar refractivity (Wildman–Crippen MR) is 59.2 cm³/mol. The zero-order valence-electron chi connectivity index (χ0n) is 8.38. The molecule has 0 aliphatic rings. The van der Waals surface area contributed by atoms with Crippen molar-refractivity contribution in [3.8, 4) is 0 Å². The van der Waals surface area contributed by atoms with E-state index in [1.807, 2.05) is 0 Å². The van der Waals surface area contributed by atoms with Gasteiger partial charge in [-0.3, -0.25) is 4.79 Å². The number of nitrogens with one attached hydrogen (secondary N) is 1. The largest absolute Gasteiger partial charge is 0.370 e. The van der Waals surface area contributed by atoms with Crippen LogP contribution in [-0.4, -0.2) is 12.5 Å². The molecule has 0 aliphatic carbocycles. The lowest BCUT2D eigenvalue weighted by Gasteiger charge is -2.02. The molecule has 1 rings (SSSR count). The Balaban J connectivity index is 2.10. The highest BCUT2D eigenvalue weighted by atomic mass is 32.1. The van der Waals surface area contributed by atoms with Gasteiger partial charge in [-0.25, -0.2) is 0 Å².